The second-order valence-electron chi connectivity index (χ2n) is 9.00. The summed E-state index contributed by atoms with van der Waals surface area (Å²) in [6, 6.07) is 12.6. The van der Waals surface area contributed by atoms with E-state index in [0.29, 0.717) is 16.0 Å². The molecule has 0 radical (unpaired) electrons. The van der Waals surface area contributed by atoms with Crippen molar-refractivity contribution >= 4 is 40.3 Å². The third kappa shape index (κ3) is 3.79. The molecule has 2 aromatic rings. The van der Waals surface area contributed by atoms with E-state index in [9.17, 15) is 4.79 Å². The van der Waals surface area contributed by atoms with E-state index < -0.39 is 0 Å². The summed E-state index contributed by atoms with van der Waals surface area (Å²) >= 11 is 1.40. The van der Waals surface area contributed by atoms with Crippen molar-refractivity contribution < 1.29 is 4.79 Å². The second-order valence-corrected chi connectivity index (χ2v) is 10.0. The number of thioether (sulfide) groups is 1. The highest BCUT2D eigenvalue weighted by Crippen LogP contribution is 2.43. The number of rotatable bonds is 2. The van der Waals surface area contributed by atoms with Gasteiger partial charge in [0.1, 0.15) is 0 Å². The Morgan fingerprint density at radius 1 is 1.23 bits per heavy atom. The van der Waals surface area contributed by atoms with Gasteiger partial charge in [0.2, 0.25) is 0 Å². The molecule has 1 saturated heterocycles. The van der Waals surface area contributed by atoms with Gasteiger partial charge < -0.3 is 10.2 Å². The number of carbonyl (C=O) groups excluding carboxylic acids is 1. The first-order valence-electron chi connectivity index (χ1n) is 10.4. The maximum atomic E-state index is 12.5. The molecule has 2 aliphatic rings. The van der Waals surface area contributed by atoms with E-state index in [4.69, 9.17) is 0 Å². The summed E-state index contributed by atoms with van der Waals surface area (Å²) in [6.45, 7) is 11.0. The summed E-state index contributed by atoms with van der Waals surface area (Å²) in [5, 5.41) is 3.54. The van der Waals surface area contributed by atoms with E-state index in [2.05, 4.69) is 81.1 Å². The molecule has 1 unspecified atom stereocenters. The molecule has 2 aliphatic heterocycles. The zero-order valence-corrected chi connectivity index (χ0v) is 19.4. The number of nitrogens with one attached hydrogen (secondary N) is 1. The van der Waals surface area contributed by atoms with Crippen LogP contribution in [0.15, 0.2) is 46.3 Å². The minimum Gasteiger partial charge on any atom is -0.369 e. The molecule has 1 amide bonds. The van der Waals surface area contributed by atoms with Crippen LogP contribution < -0.4 is 10.2 Å². The number of hydrogen-bond acceptors (Lipinski definition) is 4. The fourth-order valence-electron chi connectivity index (χ4n) is 4.28. The highest BCUT2D eigenvalue weighted by atomic mass is 32.2. The molecule has 2 heterocycles. The van der Waals surface area contributed by atoms with Gasteiger partial charge in [-0.3, -0.25) is 4.79 Å². The van der Waals surface area contributed by atoms with Crippen LogP contribution in [0.4, 0.5) is 11.4 Å². The topological polar surface area (TPSA) is 44.7 Å². The first-order valence-corrected chi connectivity index (χ1v) is 11.2. The SMILES string of the molecule is Cc1cccc(N=C2NC(=O)/C(=C/c3ccc4c(c3)C(C)CC(C)(C)N4C)S2)c1C. The van der Waals surface area contributed by atoms with E-state index in [-0.39, 0.29) is 11.4 Å². The lowest BCUT2D eigenvalue weighted by Gasteiger charge is -2.45. The van der Waals surface area contributed by atoms with Gasteiger partial charge in [-0.15, -0.1) is 0 Å². The standard InChI is InChI=1S/C25H29N3OS/c1-15-8-7-9-20(17(15)3)26-24-27-23(29)22(30-24)13-18-10-11-21-19(12-18)16(2)14-25(4,5)28(21)6/h7-13,16H,14H2,1-6H3,(H,26,27,29)/b22-13-. The number of aryl methyl sites for hydroxylation is 1. The van der Waals surface area contributed by atoms with Crippen LogP contribution in [-0.2, 0) is 4.79 Å². The molecular weight excluding hydrogens is 390 g/mol. The van der Waals surface area contributed by atoms with Crippen molar-refractivity contribution in [2.24, 2.45) is 4.99 Å². The number of aliphatic imine (C=N–C) groups is 1. The van der Waals surface area contributed by atoms with E-state index in [1.807, 2.05) is 18.2 Å². The molecule has 1 atom stereocenters. The highest BCUT2D eigenvalue weighted by molar-refractivity contribution is 8.18. The van der Waals surface area contributed by atoms with E-state index in [1.54, 1.807) is 0 Å². The zero-order valence-electron chi connectivity index (χ0n) is 18.5. The molecule has 1 fully saturated rings. The fraction of sp³-hybridized carbons (Fsp3) is 0.360. The van der Waals surface area contributed by atoms with Crippen LogP contribution in [0.2, 0.25) is 0 Å². The Bertz CT molecular complexity index is 1080. The molecule has 2 aromatic carbocycles. The summed E-state index contributed by atoms with van der Waals surface area (Å²) in [6.07, 6.45) is 3.08. The van der Waals surface area contributed by atoms with Crippen LogP contribution >= 0.6 is 11.8 Å². The van der Waals surface area contributed by atoms with Crippen LogP contribution in [0.25, 0.3) is 6.08 Å². The lowest BCUT2D eigenvalue weighted by molar-refractivity contribution is -0.115. The van der Waals surface area contributed by atoms with Gasteiger partial charge in [-0.1, -0.05) is 25.1 Å². The van der Waals surface area contributed by atoms with E-state index in [0.717, 1.165) is 23.2 Å². The molecule has 0 saturated carbocycles. The molecule has 30 heavy (non-hydrogen) atoms. The van der Waals surface area contributed by atoms with Crippen molar-refractivity contribution in [2.45, 2.75) is 52.5 Å². The largest absolute Gasteiger partial charge is 0.369 e. The van der Waals surface area contributed by atoms with Crippen LogP contribution in [0, 0.1) is 13.8 Å². The normalized spacial score (nSPS) is 23.1. The number of carbonyl (C=O) groups is 1. The molecule has 1 N–H and O–H groups in total. The Balaban J connectivity index is 1.62. The van der Waals surface area contributed by atoms with Crippen LogP contribution in [-0.4, -0.2) is 23.7 Å². The molecule has 0 spiro atoms. The minimum atomic E-state index is -0.0897. The maximum absolute atomic E-state index is 12.5. The average molecular weight is 420 g/mol. The lowest BCUT2D eigenvalue weighted by atomic mass is 9.80. The molecule has 0 aromatic heterocycles. The van der Waals surface area contributed by atoms with E-state index >= 15 is 0 Å². The number of amidine groups is 1. The van der Waals surface area contributed by atoms with Crippen molar-refractivity contribution in [3.63, 3.8) is 0 Å². The van der Waals surface area contributed by atoms with Gasteiger partial charge in [-0.2, -0.15) is 0 Å². The van der Waals surface area contributed by atoms with Gasteiger partial charge in [-0.05, 0) is 98.3 Å². The van der Waals surface area contributed by atoms with Crippen molar-refractivity contribution in [3.8, 4) is 0 Å². The smallest absolute Gasteiger partial charge is 0.264 e. The number of hydrogen-bond donors (Lipinski definition) is 1. The Hall–Kier alpha value is -2.53. The Labute approximate surface area is 183 Å². The third-order valence-corrected chi connectivity index (χ3v) is 7.31. The first kappa shape index (κ1) is 20.7. The van der Waals surface area contributed by atoms with Crippen LogP contribution in [0.3, 0.4) is 0 Å². The predicted molar refractivity (Wildman–Crippen MR) is 129 cm³/mol. The summed E-state index contributed by atoms with van der Waals surface area (Å²) in [7, 11) is 2.17. The quantitative estimate of drug-likeness (QED) is 0.615. The molecule has 156 valence electrons. The average Bonchev–Trinajstić information content (AvgIpc) is 3.02. The number of anilines is 1. The number of nitrogens with zero attached hydrogens (tertiary/aromatic N) is 2. The van der Waals surface area contributed by atoms with Gasteiger partial charge in [-0.25, -0.2) is 4.99 Å². The van der Waals surface area contributed by atoms with Gasteiger partial charge in [0, 0.05) is 18.3 Å². The Kier molecular flexibility index (Phi) is 5.27. The van der Waals surface area contributed by atoms with Gasteiger partial charge in [0.15, 0.2) is 5.17 Å². The maximum Gasteiger partial charge on any atom is 0.264 e. The van der Waals surface area contributed by atoms with Gasteiger partial charge in [0.25, 0.3) is 5.91 Å². The minimum absolute atomic E-state index is 0.0897. The van der Waals surface area contributed by atoms with Crippen molar-refractivity contribution in [3.05, 3.63) is 63.6 Å². The van der Waals surface area contributed by atoms with Crippen molar-refractivity contribution in [1.29, 1.82) is 0 Å². The molecule has 0 bridgehead atoms. The van der Waals surface area contributed by atoms with Crippen LogP contribution in [0.5, 0.6) is 0 Å². The zero-order chi connectivity index (χ0) is 21.6. The predicted octanol–water partition coefficient (Wildman–Crippen LogP) is 5.92. The number of amides is 1. The summed E-state index contributed by atoms with van der Waals surface area (Å²) in [4.78, 5) is 20.2. The van der Waals surface area contributed by atoms with Gasteiger partial charge in [0.05, 0.1) is 10.6 Å². The second kappa shape index (κ2) is 7.62. The molecule has 5 heteroatoms. The summed E-state index contributed by atoms with van der Waals surface area (Å²) in [5.41, 5.74) is 7.05. The lowest BCUT2D eigenvalue weighted by Crippen LogP contribution is -2.45. The fourth-order valence-corrected chi connectivity index (χ4v) is 5.12. The first-order chi connectivity index (χ1) is 14.2. The highest BCUT2D eigenvalue weighted by Gasteiger charge is 2.34. The third-order valence-electron chi connectivity index (χ3n) is 6.40. The monoisotopic (exact) mass is 419 g/mol. The van der Waals surface area contributed by atoms with E-state index in [1.165, 1.54) is 28.6 Å². The summed E-state index contributed by atoms with van der Waals surface area (Å²) < 4.78 is 0. The van der Waals surface area contributed by atoms with Crippen molar-refractivity contribution in [2.75, 3.05) is 11.9 Å². The molecular formula is C25H29N3OS. The molecule has 4 nitrogen and oxygen atoms in total. The molecule has 0 aliphatic carbocycles. The summed E-state index contributed by atoms with van der Waals surface area (Å²) in [5.74, 6) is 0.393. The number of fused-ring (bicyclic) bond motifs is 1. The van der Waals surface area contributed by atoms with Crippen LogP contribution in [0.1, 0.15) is 55.4 Å². The number of benzene rings is 2. The Morgan fingerprint density at radius 2 is 2.00 bits per heavy atom. The van der Waals surface area contributed by atoms with Gasteiger partial charge >= 0.3 is 0 Å². The van der Waals surface area contributed by atoms with Crippen molar-refractivity contribution in [1.82, 2.24) is 5.32 Å². The Morgan fingerprint density at radius 3 is 2.77 bits per heavy atom. The molecule has 4 rings (SSSR count).